The van der Waals surface area contributed by atoms with Crippen LogP contribution in [0.5, 0.6) is 5.75 Å². The van der Waals surface area contributed by atoms with E-state index < -0.39 is 0 Å². The number of unbranched alkanes of at least 4 members (excludes halogenated alkanes) is 6. The lowest BCUT2D eigenvalue weighted by Crippen LogP contribution is -2.35. The fourth-order valence-corrected chi connectivity index (χ4v) is 4.34. The van der Waals surface area contributed by atoms with E-state index in [1.807, 2.05) is 30.3 Å². The fourth-order valence-electron chi connectivity index (χ4n) is 4.10. The van der Waals surface area contributed by atoms with E-state index in [0.717, 1.165) is 36.4 Å². The average molecular weight is 454 g/mol. The summed E-state index contributed by atoms with van der Waals surface area (Å²) in [6, 6.07) is 16.2. The standard InChI is InChI=1S/C28H36ClNO2/c1-2-3-4-5-6-7-11-18-32-28-15-14-24(20-26(28)29)19-25-22-30(17-16-27(25)31)21-23-12-9-8-10-13-23/h8-10,12-15,19-20H,2-7,11,16-18,21-22H2,1H3/b25-19+. The number of carbonyl (C=O) groups excluding carboxylic acids is 1. The molecule has 1 fully saturated rings. The first kappa shape index (κ1) is 24.5. The molecule has 0 N–H and O–H groups in total. The van der Waals surface area contributed by atoms with Crippen LogP contribution < -0.4 is 4.74 Å². The quantitative estimate of drug-likeness (QED) is 0.249. The van der Waals surface area contributed by atoms with Gasteiger partial charge in [-0.2, -0.15) is 0 Å². The van der Waals surface area contributed by atoms with E-state index in [1.54, 1.807) is 0 Å². The fraction of sp³-hybridized carbons (Fsp3) is 0.464. The maximum absolute atomic E-state index is 12.5. The van der Waals surface area contributed by atoms with Crippen molar-refractivity contribution in [3.05, 3.63) is 70.3 Å². The lowest BCUT2D eigenvalue weighted by molar-refractivity contribution is -0.117. The van der Waals surface area contributed by atoms with Crippen molar-refractivity contribution < 1.29 is 9.53 Å². The Morgan fingerprint density at radius 2 is 1.75 bits per heavy atom. The number of benzene rings is 2. The summed E-state index contributed by atoms with van der Waals surface area (Å²) in [5.74, 6) is 0.949. The van der Waals surface area contributed by atoms with Crippen LogP contribution in [0.3, 0.4) is 0 Å². The van der Waals surface area contributed by atoms with E-state index in [9.17, 15) is 4.79 Å². The van der Waals surface area contributed by atoms with Crippen molar-refractivity contribution in [1.82, 2.24) is 4.90 Å². The predicted molar refractivity (Wildman–Crippen MR) is 134 cm³/mol. The van der Waals surface area contributed by atoms with E-state index >= 15 is 0 Å². The maximum Gasteiger partial charge on any atom is 0.161 e. The molecule has 0 aliphatic carbocycles. The summed E-state index contributed by atoms with van der Waals surface area (Å²) >= 11 is 6.47. The zero-order valence-electron chi connectivity index (χ0n) is 19.3. The Morgan fingerprint density at radius 1 is 1.00 bits per heavy atom. The molecule has 2 aromatic rings. The third-order valence-electron chi connectivity index (χ3n) is 5.96. The van der Waals surface area contributed by atoms with Crippen molar-refractivity contribution in [3.8, 4) is 5.75 Å². The number of likely N-dealkylation sites (tertiary alicyclic amines) is 1. The van der Waals surface area contributed by atoms with Gasteiger partial charge < -0.3 is 4.74 Å². The van der Waals surface area contributed by atoms with Gasteiger partial charge in [0.25, 0.3) is 0 Å². The summed E-state index contributed by atoms with van der Waals surface area (Å²) in [5, 5.41) is 0.603. The molecule has 32 heavy (non-hydrogen) atoms. The lowest BCUT2D eigenvalue weighted by atomic mass is 9.99. The molecule has 2 aromatic carbocycles. The van der Waals surface area contributed by atoms with Gasteiger partial charge in [-0.3, -0.25) is 9.69 Å². The van der Waals surface area contributed by atoms with Crippen LogP contribution in [0, 0.1) is 0 Å². The number of hydrogen-bond donors (Lipinski definition) is 0. The molecule has 0 radical (unpaired) electrons. The number of Topliss-reactive ketones (excluding diaryl/α,β-unsaturated/α-hetero) is 1. The van der Waals surface area contributed by atoms with Gasteiger partial charge in [0.15, 0.2) is 5.78 Å². The number of ketones is 1. The van der Waals surface area contributed by atoms with Gasteiger partial charge in [0, 0.05) is 31.6 Å². The van der Waals surface area contributed by atoms with Crippen molar-refractivity contribution in [2.24, 2.45) is 0 Å². The van der Waals surface area contributed by atoms with Crippen LogP contribution in [0.15, 0.2) is 54.1 Å². The lowest BCUT2D eigenvalue weighted by Gasteiger charge is -2.27. The molecule has 1 aliphatic rings. The van der Waals surface area contributed by atoms with Gasteiger partial charge in [-0.15, -0.1) is 0 Å². The molecule has 0 unspecified atom stereocenters. The molecule has 172 valence electrons. The van der Waals surface area contributed by atoms with Crippen LogP contribution in [-0.4, -0.2) is 30.4 Å². The second kappa shape index (κ2) is 13.4. The third kappa shape index (κ3) is 8.11. The van der Waals surface area contributed by atoms with Crippen molar-refractivity contribution in [3.63, 3.8) is 0 Å². The van der Waals surface area contributed by atoms with E-state index in [4.69, 9.17) is 16.3 Å². The van der Waals surface area contributed by atoms with Gasteiger partial charge in [-0.05, 0) is 35.8 Å². The minimum absolute atomic E-state index is 0.227. The second-order valence-corrected chi connectivity index (χ2v) is 9.11. The summed E-state index contributed by atoms with van der Waals surface area (Å²) in [7, 11) is 0. The van der Waals surface area contributed by atoms with Gasteiger partial charge in [-0.1, -0.05) is 93.4 Å². The van der Waals surface area contributed by atoms with Gasteiger partial charge >= 0.3 is 0 Å². The Kier molecular flexibility index (Phi) is 10.3. The highest BCUT2D eigenvalue weighted by Gasteiger charge is 2.21. The highest BCUT2D eigenvalue weighted by molar-refractivity contribution is 6.32. The molecule has 0 spiro atoms. The molecular weight excluding hydrogens is 418 g/mol. The third-order valence-corrected chi connectivity index (χ3v) is 6.25. The highest BCUT2D eigenvalue weighted by Crippen LogP contribution is 2.27. The summed E-state index contributed by atoms with van der Waals surface area (Å²) in [5.41, 5.74) is 3.06. The molecule has 1 saturated heterocycles. The van der Waals surface area contributed by atoms with Crippen molar-refractivity contribution in [2.45, 2.75) is 64.8 Å². The van der Waals surface area contributed by atoms with Crippen molar-refractivity contribution >= 4 is 23.5 Å². The van der Waals surface area contributed by atoms with Crippen LogP contribution >= 0.6 is 11.6 Å². The maximum atomic E-state index is 12.5. The number of nitrogens with zero attached hydrogens (tertiary/aromatic N) is 1. The smallest absolute Gasteiger partial charge is 0.161 e. The monoisotopic (exact) mass is 453 g/mol. The second-order valence-electron chi connectivity index (χ2n) is 8.70. The first-order valence-electron chi connectivity index (χ1n) is 12.1. The Bertz CT molecular complexity index is 878. The van der Waals surface area contributed by atoms with Crippen LogP contribution in [0.25, 0.3) is 6.08 Å². The molecule has 3 rings (SSSR count). The largest absolute Gasteiger partial charge is 0.492 e. The SMILES string of the molecule is CCCCCCCCCOc1ccc(/C=C2\CN(Cc3ccccc3)CCC2=O)cc1Cl. The topological polar surface area (TPSA) is 29.5 Å². The molecule has 1 aliphatic heterocycles. The summed E-state index contributed by atoms with van der Waals surface area (Å²) < 4.78 is 5.89. The van der Waals surface area contributed by atoms with E-state index in [2.05, 4.69) is 36.1 Å². The summed E-state index contributed by atoms with van der Waals surface area (Å²) in [6.07, 6.45) is 11.4. The van der Waals surface area contributed by atoms with Crippen molar-refractivity contribution in [2.75, 3.05) is 19.7 Å². The van der Waals surface area contributed by atoms with E-state index in [-0.39, 0.29) is 5.78 Å². The van der Waals surface area contributed by atoms with Crippen LogP contribution in [0.4, 0.5) is 0 Å². The highest BCUT2D eigenvalue weighted by atomic mass is 35.5. The summed E-state index contributed by atoms with van der Waals surface area (Å²) in [4.78, 5) is 14.8. The van der Waals surface area contributed by atoms with Gasteiger partial charge in [0.05, 0.1) is 11.6 Å². The average Bonchev–Trinajstić information content (AvgIpc) is 2.80. The first-order valence-corrected chi connectivity index (χ1v) is 12.5. The minimum atomic E-state index is 0.227. The van der Waals surface area contributed by atoms with Gasteiger partial charge in [-0.25, -0.2) is 0 Å². The van der Waals surface area contributed by atoms with E-state index in [0.29, 0.717) is 24.6 Å². The van der Waals surface area contributed by atoms with Crippen LogP contribution in [0.1, 0.15) is 69.4 Å². The predicted octanol–water partition coefficient (Wildman–Crippen LogP) is 7.33. The Labute approximate surface area is 198 Å². The van der Waals surface area contributed by atoms with Crippen LogP contribution in [0.2, 0.25) is 5.02 Å². The molecule has 0 saturated carbocycles. The Morgan fingerprint density at radius 3 is 2.50 bits per heavy atom. The molecule has 4 heteroatoms. The number of hydrogen-bond acceptors (Lipinski definition) is 3. The molecule has 0 aromatic heterocycles. The van der Waals surface area contributed by atoms with Crippen molar-refractivity contribution in [1.29, 1.82) is 0 Å². The molecular formula is C28H36ClNO2. The Hall–Kier alpha value is -2.10. The number of piperidine rings is 1. The molecule has 1 heterocycles. The zero-order valence-corrected chi connectivity index (χ0v) is 20.1. The van der Waals surface area contributed by atoms with Gasteiger partial charge in [0.1, 0.15) is 5.75 Å². The molecule has 3 nitrogen and oxygen atoms in total. The number of carbonyl (C=O) groups is 1. The zero-order chi connectivity index (χ0) is 22.6. The number of rotatable bonds is 12. The molecule has 0 amide bonds. The molecule has 0 bridgehead atoms. The van der Waals surface area contributed by atoms with E-state index in [1.165, 1.54) is 44.1 Å². The number of halogens is 1. The first-order chi connectivity index (χ1) is 15.7. The normalized spacial score (nSPS) is 15.9. The van der Waals surface area contributed by atoms with Gasteiger partial charge in [0.2, 0.25) is 0 Å². The van der Waals surface area contributed by atoms with Crippen LogP contribution in [-0.2, 0) is 11.3 Å². The summed E-state index contributed by atoms with van der Waals surface area (Å²) in [6.45, 7) is 5.27. The molecule has 0 atom stereocenters. The number of ether oxygens (including phenoxy) is 1. The minimum Gasteiger partial charge on any atom is -0.492 e. The Balaban J connectivity index is 1.50.